The fourth-order valence-electron chi connectivity index (χ4n) is 12.5. The highest BCUT2D eigenvalue weighted by Crippen LogP contribution is 2.73. The van der Waals surface area contributed by atoms with Crippen LogP contribution in [0.5, 0.6) is 0 Å². The lowest BCUT2D eigenvalue weighted by Gasteiger charge is -2.67. The quantitative estimate of drug-likeness (QED) is 0.273. The van der Waals surface area contributed by atoms with Crippen molar-refractivity contribution < 1.29 is 46.1 Å². The van der Waals surface area contributed by atoms with E-state index in [9.17, 15) is 23.1 Å². The molecule has 8 saturated carbocycles. The van der Waals surface area contributed by atoms with E-state index in [0.29, 0.717) is 36.0 Å². The van der Waals surface area contributed by atoms with Crippen LogP contribution in [0, 0.1) is 71.0 Å². The van der Waals surface area contributed by atoms with Gasteiger partial charge in [0.1, 0.15) is 11.2 Å². The Morgan fingerprint density at radius 1 is 0.872 bits per heavy atom. The molecule has 1 spiro atoms. The Bertz CT molecular complexity index is 1080. The molecular formula is C29H37F5O5. The van der Waals surface area contributed by atoms with Crippen molar-refractivity contribution in [2.24, 2.45) is 71.0 Å². The summed E-state index contributed by atoms with van der Waals surface area (Å²) in [4.78, 5) is 13.8. The average molecular weight is 561 g/mol. The molecule has 1 aliphatic heterocycles. The number of ether oxygens (including phenoxy) is 3. The molecule has 0 radical (unpaired) electrons. The van der Waals surface area contributed by atoms with Crippen LogP contribution in [-0.4, -0.2) is 47.0 Å². The van der Waals surface area contributed by atoms with Gasteiger partial charge in [-0.3, -0.25) is 4.79 Å². The third kappa shape index (κ3) is 2.85. The van der Waals surface area contributed by atoms with Crippen molar-refractivity contribution in [3.63, 3.8) is 0 Å². The molecule has 12 atom stereocenters. The fraction of sp³-hybridized carbons (Fsp3) is 0.966. The second kappa shape index (κ2) is 7.49. The van der Waals surface area contributed by atoms with Gasteiger partial charge >= 0.3 is 23.9 Å². The number of carbonyl (C=O) groups excluding carboxylic acids is 1. The van der Waals surface area contributed by atoms with Crippen LogP contribution in [0.2, 0.25) is 0 Å². The van der Waals surface area contributed by atoms with Gasteiger partial charge in [-0.05, 0) is 116 Å². The number of carbonyl (C=O) groups is 1. The molecule has 9 rings (SSSR count). The lowest BCUT2D eigenvalue weighted by atomic mass is 9.46. The number of hydrogen-bond acceptors (Lipinski definition) is 5. The van der Waals surface area contributed by atoms with Crippen molar-refractivity contribution in [3.05, 3.63) is 0 Å². The number of alkyl halides is 5. The van der Waals surface area contributed by atoms with Gasteiger partial charge in [0, 0.05) is 0 Å². The summed E-state index contributed by atoms with van der Waals surface area (Å²) in [6.07, 6.45) is -1.38. The van der Waals surface area contributed by atoms with Crippen molar-refractivity contribution in [2.75, 3.05) is 6.79 Å². The molecule has 1 N–H and O–H groups in total. The lowest BCUT2D eigenvalue weighted by Crippen LogP contribution is -2.81. The summed E-state index contributed by atoms with van der Waals surface area (Å²) in [7, 11) is 0. The molecule has 0 amide bonds. The van der Waals surface area contributed by atoms with Crippen LogP contribution in [0.25, 0.3) is 0 Å². The van der Waals surface area contributed by atoms with E-state index in [0.717, 1.165) is 30.6 Å². The molecule has 1 heterocycles. The van der Waals surface area contributed by atoms with Crippen molar-refractivity contribution in [1.29, 1.82) is 0 Å². The molecule has 10 heteroatoms. The van der Waals surface area contributed by atoms with Crippen molar-refractivity contribution >= 4 is 5.97 Å². The number of esters is 1. The van der Waals surface area contributed by atoms with Crippen molar-refractivity contribution in [3.8, 4) is 0 Å². The number of fused-ring (bicyclic) bond motifs is 9. The van der Waals surface area contributed by atoms with Crippen LogP contribution in [0.3, 0.4) is 0 Å². The number of halogens is 5. The maximum atomic E-state index is 15.8. The van der Waals surface area contributed by atoms with Gasteiger partial charge in [-0.25, -0.2) is 0 Å². The normalized spacial score (nSPS) is 59.8. The molecule has 0 aromatic carbocycles. The van der Waals surface area contributed by atoms with Gasteiger partial charge < -0.3 is 19.3 Å². The van der Waals surface area contributed by atoms with E-state index in [4.69, 9.17) is 9.47 Å². The molecule has 9 aliphatic rings. The van der Waals surface area contributed by atoms with Gasteiger partial charge in [0.15, 0.2) is 6.79 Å². The molecule has 0 aromatic heterocycles. The first-order valence-corrected chi connectivity index (χ1v) is 14.9. The second-order valence-corrected chi connectivity index (χ2v) is 14.8. The predicted molar refractivity (Wildman–Crippen MR) is 125 cm³/mol. The van der Waals surface area contributed by atoms with Crippen LogP contribution in [-0.2, 0) is 19.0 Å². The second-order valence-electron chi connectivity index (χ2n) is 14.8. The predicted octanol–water partition coefficient (Wildman–Crippen LogP) is 5.55. The Balaban J connectivity index is 1.04. The third-order valence-corrected chi connectivity index (χ3v) is 13.7. The molecule has 5 nitrogen and oxygen atoms in total. The van der Waals surface area contributed by atoms with Crippen LogP contribution in [0.15, 0.2) is 0 Å². The molecule has 12 unspecified atom stereocenters. The van der Waals surface area contributed by atoms with E-state index >= 15 is 8.78 Å². The smallest absolute Gasteiger partial charge is 0.449 e. The Morgan fingerprint density at radius 2 is 1.51 bits per heavy atom. The highest BCUT2D eigenvalue weighted by Gasteiger charge is 2.85. The Labute approximate surface area is 224 Å². The molecule has 8 aliphatic carbocycles. The Kier molecular flexibility index (Phi) is 4.94. The summed E-state index contributed by atoms with van der Waals surface area (Å²) in [5, 5.41) is 10.2. The molecule has 8 bridgehead atoms. The highest BCUT2D eigenvalue weighted by molar-refractivity contribution is 5.74. The first-order chi connectivity index (χ1) is 18.2. The van der Waals surface area contributed by atoms with Crippen LogP contribution in [0.4, 0.5) is 22.0 Å². The molecule has 9 fully saturated rings. The van der Waals surface area contributed by atoms with E-state index in [1.165, 1.54) is 6.42 Å². The maximum Gasteiger partial charge on any atom is 0.449 e. The van der Waals surface area contributed by atoms with Gasteiger partial charge in [-0.1, -0.05) is 13.8 Å². The van der Waals surface area contributed by atoms with Gasteiger partial charge in [0.25, 0.3) is 0 Å². The van der Waals surface area contributed by atoms with E-state index < -0.39 is 47.7 Å². The highest BCUT2D eigenvalue weighted by atomic mass is 19.4. The minimum absolute atomic E-state index is 0.0283. The zero-order valence-corrected chi connectivity index (χ0v) is 22.3. The topological polar surface area (TPSA) is 65.0 Å². The van der Waals surface area contributed by atoms with Crippen molar-refractivity contribution in [1.82, 2.24) is 0 Å². The van der Waals surface area contributed by atoms with E-state index in [2.05, 4.69) is 18.6 Å². The van der Waals surface area contributed by atoms with Gasteiger partial charge in [0.05, 0.1) is 5.92 Å². The average Bonchev–Trinajstić information content (AvgIpc) is 3.58. The molecule has 218 valence electrons. The summed E-state index contributed by atoms with van der Waals surface area (Å²) in [6.45, 7) is 3.66. The molecule has 0 aromatic rings. The van der Waals surface area contributed by atoms with Crippen molar-refractivity contribution in [2.45, 2.75) is 94.3 Å². The monoisotopic (exact) mass is 560 g/mol. The minimum Gasteiger partial charge on any atom is -0.459 e. The summed E-state index contributed by atoms with van der Waals surface area (Å²) < 4.78 is 88.8. The van der Waals surface area contributed by atoms with Gasteiger partial charge in [0.2, 0.25) is 0 Å². The summed E-state index contributed by atoms with van der Waals surface area (Å²) in [5.74, 6) is -6.69. The first kappa shape index (κ1) is 25.7. The van der Waals surface area contributed by atoms with Crippen LogP contribution in [0.1, 0.15) is 65.2 Å². The molecular weight excluding hydrogens is 523 g/mol. The SMILES string of the molecule is CC1C(C)C2CC1C1C3CC(C(=O)OC45CC6CC(C4)C4(OCOC(O)(C(F)(F)F)C4(F)F)C(C6)C5)C(C3)C21. The summed E-state index contributed by atoms with van der Waals surface area (Å²) in [5.41, 5.74) is -3.46. The zero-order valence-electron chi connectivity index (χ0n) is 22.3. The fourth-order valence-corrected chi connectivity index (χ4v) is 12.5. The van der Waals surface area contributed by atoms with Gasteiger partial charge in [-0.2, -0.15) is 22.0 Å². The summed E-state index contributed by atoms with van der Waals surface area (Å²) in [6, 6.07) is 0. The Morgan fingerprint density at radius 3 is 2.15 bits per heavy atom. The Hall–Kier alpha value is -1.00. The molecule has 39 heavy (non-hydrogen) atoms. The van der Waals surface area contributed by atoms with Gasteiger partial charge in [-0.15, -0.1) is 0 Å². The minimum atomic E-state index is -5.69. The standard InChI is InChI=1S/C29H37F5O5/c1-12-13(2)19-7-18(12)22-15-5-20(23(19)22)21(6-15)24(35)39-25-8-14-3-16(9-25)26(17(4-14)10-25)27(30,31)28(36,29(32,33)34)38-11-37-26/h12-23,36H,3-11H2,1-2H3. The van der Waals surface area contributed by atoms with E-state index in [1.54, 1.807) is 0 Å². The zero-order chi connectivity index (χ0) is 27.5. The molecule has 1 saturated heterocycles. The van der Waals surface area contributed by atoms with Crippen LogP contribution >= 0.6 is 0 Å². The van der Waals surface area contributed by atoms with Crippen LogP contribution < -0.4 is 0 Å². The first-order valence-electron chi connectivity index (χ1n) is 14.9. The lowest BCUT2D eigenvalue weighted by molar-refractivity contribution is -0.521. The van der Waals surface area contributed by atoms with E-state index in [-0.39, 0.29) is 43.5 Å². The number of aliphatic hydroxyl groups is 1. The maximum absolute atomic E-state index is 15.8. The summed E-state index contributed by atoms with van der Waals surface area (Å²) >= 11 is 0. The van der Waals surface area contributed by atoms with E-state index in [1.807, 2.05) is 0 Å². The number of rotatable bonds is 2. The largest absolute Gasteiger partial charge is 0.459 e. The third-order valence-electron chi connectivity index (χ3n) is 13.7. The number of hydrogen-bond donors (Lipinski definition) is 1.